The average molecular weight is 264 g/mol. The molecule has 0 atom stereocenters. The van der Waals surface area contributed by atoms with Crippen molar-refractivity contribution in [1.29, 1.82) is 0 Å². The molecular weight excluding hydrogens is 244 g/mol. The monoisotopic (exact) mass is 264 g/mol. The minimum Gasteiger partial charge on any atom is -0.481 e. The fourth-order valence-electron chi connectivity index (χ4n) is 2.63. The van der Waals surface area contributed by atoms with Gasteiger partial charge >= 0.3 is 5.97 Å². The number of nitrogens with zero attached hydrogens (tertiary/aromatic N) is 2. The quantitative estimate of drug-likeness (QED) is 0.904. The first-order valence-corrected chi connectivity index (χ1v) is 6.59. The molecule has 0 unspecified atom stereocenters. The van der Waals surface area contributed by atoms with E-state index in [2.05, 4.69) is 9.97 Å². The summed E-state index contributed by atoms with van der Waals surface area (Å²) in [6, 6.07) is 0. The highest BCUT2D eigenvalue weighted by molar-refractivity contribution is 5.83. The molecule has 1 aromatic rings. The van der Waals surface area contributed by atoms with Crippen LogP contribution in [0.4, 0.5) is 0 Å². The normalized spacial score (nSPS) is 17.1. The Labute approximate surface area is 113 Å². The Morgan fingerprint density at radius 2 is 2.00 bits per heavy atom. The van der Waals surface area contributed by atoms with Gasteiger partial charge in [-0.15, -0.1) is 0 Å². The summed E-state index contributed by atoms with van der Waals surface area (Å²) in [6.45, 7) is 5.85. The van der Waals surface area contributed by atoms with Crippen LogP contribution in [0.5, 0.6) is 5.88 Å². The van der Waals surface area contributed by atoms with Crippen LogP contribution < -0.4 is 4.74 Å². The number of carboxylic acid groups (broad SMARTS) is 1. The van der Waals surface area contributed by atoms with Gasteiger partial charge in [-0.2, -0.15) is 4.98 Å². The molecule has 1 aliphatic rings. The van der Waals surface area contributed by atoms with E-state index >= 15 is 0 Å². The maximum Gasteiger partial charge on any atom is 0.314 e. The van der Waals surface area contributed by atoms with Crippen LogP contribution in [0.1, 0.15) is 56.1 Å². The van der Waals surface area contributed by atoms with Crippen molar-refractivity contribution >= 4 is 5.97 Å². The second-order valence-electron chi connectivity index (χ2n) is 5.45. The highest BCUT2D eigenvalue weighted by Crippen LogP contribution is 2.48. The van der Waals surface area contributed by atoms with Gasteiger partial charge in [-0.3, -0.25) is 4.79 Å². The molecule has 1 aliphatic carbocycles. The molecule has 0 saturated heterocycles. The number of methoxy groups -OCH3 is 1. The van der Waals surface area contributed by atoms with E-state index < -0.39 is 11.4 Å². The molecule has 104 valence electrons. The Morgan fingerprint density at radius 3 is 2.37 bits per heavy atom. The summed E-state index contributed by atoms with van der Waals surface area (Å²) < 4.78 is 5.33. The molecule has 0 spiro atoms. The van der Waals surface area contributed by atoms with Crippen LogP contribution in [0.25, 0.3) is 0 Å². The second-order valence-corrected chi connectivity index (χ2v) is 5.45. The van der Waals surface area contributed by atoms with E-state index in [1.54, 1.807) is 0 Å². The molecule has 0 aromatic carbocycles. The largest absolute Gasteiger partial charge is 0.481 e. The first-order valence-electron chi connectivity index (χ1n) is 6.59. The number of carboxylic acids is 1. The maximum absolute atomic E-state index is 11.6. The Balaban J connectivity index is 2.60. The van der Waals surface area contributed by atoms with Gasteiger partial charge < -0.3 is 9.84 Å². The molecular formula is C14H20N2O3. The molecule has 5 heteroatoms. The number of aryl methyl sites for hydroxylation is 1. The third kappa shape index (κ3) is 2.07. The zero-order valence-corrected chi connectivity index (χ0v) is 11.9. The van der Waals surface area contributed by atoms with Gasteiger partial charge in [0.2, 0.25) is 5.88 Å². The highest BCUT2D eigenvalue weighted by atomic mass is 16.5. The van der Waals surface area contributed by atoms with Gasteiger partial charge in [0.05, 0.1) is 18.1 Å². The highest BCUT2D eigenvalue weighted by Gasteiger charge is 2.49. The summed E-state index contributed by atoms with van der Waals surface area (Å²) in [5.41, 5.74) is 0.515. The second kappa shape index (κ2) is 4.79. The Morgan fingerprint density at radius 1 is 1.37 bits per heavy atom. The third-order valence-corrected chi connectivity index (χ3v) is 3.88. The number of ether oxygens (including phenoxy) is 1. The van der Waals surface area contributed by atoms with Crippen LogP contribution in [0.2, 0.25) is 0 Å². The SMILES string of the molecule is COc1nc(C(C)C)nc(C)c1C1(C(=O)O)CCC1. The van der Waals surface area contributed by atoms with Crippen molar-refractivity contribution in [2.45, 2.75) is 51.4 Å². The van der Waals surface area contributed by atoms with Crippen LogP contribution in [0.3, 0.4) is 0 Å². The molecule has 0 bridgehead atoms. The van der Waals surface area contributed by atoms with Gasteiger partial charge in [0.25, 0.3) is 0 Å². The van der Waals surface area contributed by atoms with E-state index in [-0.39, 0.29) is 5.92 Å². The van der Waals surface area contributed by atoms with Crippen molar-refractivity contribution in [2.75, 3.05) is 7.11 Å². The summed E-state index contributed by atoms with van der Waals surface area (Å²) in [7, 11) is 1.53. The lowest BCUT2D eigenvalue weighted by molar-refractivity contribution is -0.147. The zero-order valence-electron chi connectivity index (χ0n) is 11.9. The molecule has 2 rings (SSSR count). The molecule has 0 amide bonds. The molecule has 1 aromatic heterocycles. The smallest absolute Gasteiger partial charge is 0.314 e. The predicted molar refractivity (Wildman–Crippen MR) is 70.6 cm³/mol. The van der Waals surface area contributed by atoms with Gasteiger partial charge in [-0.1, -0.05) is 20.3 Å². The van der Waals surface area contributed by atoms with Crippen LogP contribution in [0, 0.1) is 6.92 Å². The summed E-state index contributed by atoms with van der Waals surface area (Å²) in [5, 5.41) is 9.55. The summed E-state index contributed by atoms with van der Waals surface area (Å²) >= 11 is 0. The molecule has 19 heavy (non-hydrogen) atoms. The van der Waals surface area contributed by atoms with Crippen molar-refractivity contribution in [3.63, 3.8) is 0 Å². The predicted octanol–water partition coefficient (Wildman–Crippen LogP) is 2.42. The van der Waals surface area contributed by atoms with E-state index in [1.165, 1.54) is 7.11 Å². The molecule has 0 aliphatic heterocycles. The Bertz CT molecular complexity index is 508. The lowest BCUT2D eigenvalue weighted by atomic mass is 9.64. The van der Waals surface area contributed by atoms with Gasteiger partial charge in [0.1, 0.15) is 5.82 Å². The van der Waals surface area contributed by atoms with E-state index in [1.807, 2.05) is 20.8 Å². The van der Waals surface area contributed by atoms with Crippen LogP contribution in [-0.2, 0) is 10.2 Å². The minimum atomic E-state index is -0.856. The van der Waals surface area contributed by atoms with Crippen molar-refractivity contribution in [3.05, 3.63) is 17.1 Å². The Hall–Kier alpha value is -1.65. The van der Waals surface area contributed by atoms with Crippen molar-refractivity contribution < 1.29 is 14.6 Å². The van der Waals surface area contributed by atoms with Crippen LogP contribution >= 0.6 is 0 Å². The molecule has 1 heterocycles. The number of hydrogen-bond donors (Lipinski definition) is 1. The topological polar surface area (TPSA) is 72.3 Å². The summed E-state index contributed by atoms with van der Waals surface area (Å²) in [5.74, 6) is 0.487. The van der Waals surface area contributed by atoms with Gasteiger partial charge in [0.15, 0.2) is 0 Å². The average Bonchev–Trinajstić information content (AvgIpc) is 2.28. The van der Waals surface area contributed by atoms with Crippen molar-refractivity contribution in [1.82, 2.24) is 9.97 Å². The molecule has 0 radical (unpaired) electrons. The molecule has 1 saturated carbocycles. The first kappa shape index (κ1) is 13.8. The van der Waals surface area contributed by atoms with Crippen LogP contribution in [-0.4, -0.2) is 28.2 Å². The summed E-state index contributed by atoms with van der Waals surface area (Å²) in [6.07, 6.45) is 2.18. The third-order valence-electron chi connectivity index (χ3n) is 3.88. The van der Waals surface area contributed by atoms with E-state index in [9.17, 15) is 9.90 Å². The van der Waals surface area contributed by atoms with E-state index in [0.29, 0.717) is 30.1 Å². The first-order chi connectivity index (χ1) is 8.92. The molecule has 5 nitrogen and oxygen atoms in total. The fourth-order valence-corrected chi connectivity index (χ4v) is 2.63. The number of aliphatic carboxylic acids is 1. The van der Waals surface area contributed by atoms with E-state index in [0.717, 1.165) is 12.1 Å². The lowest BCUT2D eigenvalue weighted by Gasteiger charge is -2.39. The number of carbonyl (C=O) groups is 1. The standard InChI is InChI=1S/C14H20N2O3/c1-8(2)11-15-9(3)10(12(16-11)19-4)14(13(17)18)6-5-7-14/h8H,5-7H2,1-4H3,(H,17,18). The van der Waals surface area contributed by atoms with Crippen molar-refractivity contribution in [2.24, 2.45) is 0 Å². The maximum atomic E-state index is 11.6. The van der Waals surface area contributed by atoms with Gasteiger partial charge in [-0.05, 0) is 19.8 Å². The number of aromatic nitrogens is 2. The Kier molecular flexibility index (Phi) is 3.47. The minimum absolute atomic E-state index is 0.184. The number of hydrogen-bond acceptors (Lipinski definition) is 4. The number of rotatable bonds is 4. The van der Waals surface area contributed by atoms with Crippen LogP contribution in [0.15, 0.2) is 0 Å². The molecule has 1 fully saturated rings. The van der Waals surface area contributed by atoms with E-state index in [4.69, 9.17) is 4.74 Å². The zero-order chi connectivity index (χ0) is 14.2. The molecule has 1 N–H and O–H groups in total. The summed E-state index contributed by atoms with van der Waals surface area (Å²) in [4.78, 5) is 20.5. The lowest BCUT2D eigenvalue weighted by Crippen LogP contribution is -2.43. The van der Waals surface area contributed by atoms with Gasteiger partial charge in [-0.25, -0.2) is 4.98 Å². The van der Waals surface area contributed by atoms with Crippen molar-refractivity contribution in [3.8, 4) is 5.88 Å². The van der Waals surface area contributed by atoms with Gasteiger partial charge in [0, 0.05) is 11.6 Å². The fraction of sp³-hybridized carbons (Fsp3) is 0.643.